The molecule has 0 aliphatic rings. The minimum absolute atomic E-state index is 0.0914. The van der Waals surface area contributed by atoms with Crippen molar-refractivity contribution in [3.8, 4) is 11.8 Å². The molecule has 1 amide bonds. The number of carbonyl (C=O) groups is 1. The van der Waals surface area contributed by atoms with Gasteiger partial charge in [-0.25, -0.2) is 4.39 Å². The van der Waals surface area contributed by atoms with Crippen molar-refractivity contribution in [1.82, 2.24) is 0 Å². The highest BCUT2D eigenvalue weighted by Crippen LogP contribution is 2.17. The first-order chi connectivity index (χ1) is 10.1. The van der Waals surface area contributed by atoms with Gasteiger partial charge in [-0.15, -0.1) is 0 Å². The molecule has 0 radical (unpaired) electrons. The predicted octanol–water partition coefficient (Wildman–Crippen LogP) is 3.08. The fourth-order valence-electron chi connectivity index (χ4n) is 1.69. The third kappa shape index (κ3) is 4.06. The molecule has 2 aromatic rings. The molecule has 0 spiro atoms. The largest absolute Gasteiger partial charge is 0.384 e. The zero-order valence-corrected chi connectivity index (χ0v) is 11.6. The van der Waals surface area contributed by atoms with E-state index in [1.807, 2.05) is 0 Å². The van der Waals surface area contributed by atoms with Gasteiger partial charge in [-0.3, -0.25) is 4.79 Å². The Morgan fingerprint density at radius 3 is 2.81 bits per heavy atom. The number of amides is 1. The van der Waals surface area contributed by atoms with Crippen LogP contribution >= 0.6 is 11.6 Å². The summed E-state index contributed by atoms with van der Waals surface area (Å²) in [5.41, 5.74) is 1.03. The SMILES string of the molecule is O=C(Nc1cccc(C#CCO)c1)c1ccc(Cl)cc1F. The number of anilines is 1. The summed E-state index contributed by atoms with van der Waals surface area (Å²) in [4.78, 5) is 12.0. The van der Waals surface area contributed by atoms with Gasteiger partial charge in [0.2, 0.25) is 0 Å². The number of hydrogen-bond donors (Lipinski definition) is 2. The molecule has 2 N–H and O–H groups in total. The third-order valence-electron chi connectivity index (χ3n) is 2.61. The van der Waals surface area contributed by atoms with Gasteiger partial charge in [-0.2, -0.15) is 0 Å². The van der Waals surface area contributed by atoms with E-state index >= 15 is 0 Å². The van der Waals surface area contributed by atoms with Crippen molar-refractivity contribution < 1.29 is 14.3 Å². The molecule has 3 nitrogen and oxygen atoms in total. The van der Waals surface area contributed by atoms with Crippen LogP contribution in [0.2, 0.25) is 5.02 Å². The molecule has 0 aliphatic carbocycles. The monoisotopic (exact) mass is 303 g/mol. The molecule has 0 saturated carbocycles. The molecule has 2 aromatic carbocycles. The number of aliphatic hydroxyl groups is 1. The van der Waals surface area contributed by atoms with Gasteiger partial charge in [0.25, 0.3) is 5.91 Å². The molecule has 0 atom stereocenters. The smallest absolute Gasteiger partial charge is 0.258 e. The van der Waals surface area contributed by atoms with E-state index in [1.165, 1.54) is 12.1 Å². The number of nitrogens with one attached hydrogen (secondary N) is 1. The molecular formula is C16H11ClFNO2. The zero-order valence-electron chi connectivity index (χ0n) is 10.9. The minimum Gasteiger partial charge on any atom is -0.384 e. The molecule has 106 valence electrons. The Balaban J connectivity index is 2.19. The van der Waals surface area contributed by atoms with Crippen LogP contribution in [0.4, 0.5) is 10.1 Å². The molecule has 0 aliphatic heterocycles. The molecule has 0 heterocycles. The van der Waals surface area contributed by atoms with Crippen LogP contribution < -0.4 is 5.32 Å². The van der Waals surface area contributed by atoms with Crippen molar-refractivity contribution in [2.45, 2.75) is 0 Å². The van der Waals surface area contributed by atoms with Crippen molar-refractivity contribution in [3.63, 3.8) is 0 Å². The highest BCUT2D eigenvalue weighted by molar-refractivity contribution is 6.30. The Morgan fingerprint density at radius 1 is 1.29 bits per heavy atom. The van der Waals surface area contributed by atoms with E-state index in [9.17, 15) is 9.18 Å². The number of rotatable bonds is 2. The molecule has 2 rings (SSSR count). The summed E-state index contributed by atoms with van der Waals surface area (Å²) in [7, 11) is 0. The average Bonchev–Trinajstić information content (AvgIpc) is 2.45. The first kappa shape index (κ1) is 15.0. The van der Waals surface area contributed by atoms with E-state index in [0.717, 1.165) is 6.07 Å². The van der Waals surface area contributed by atoms with Crippen molar-refractivity contribution in [2.75, 3.05) is 11.9 Å². The van der Waals surface area contributed by atoms with E-state index in [1.54, 1.807) is 24.3 Å². The van der Waals surface area contributed by atoms with Crippen LogP contribution in [0.3, 0.4) is 0 Å². The molecule has 0 aromatic heterocycles. The number of aliphatic hydroxyl groups excluding tert-OH is 1. The maximum Gasteiger partial charge on any atom is 0.258 e. The highest BCUT2D eigenvalue weighted by Gasteiger charge is 2.12. The second kappa shape index (κ2) is 6.89. The Morgan fingerprint density at radius 2 is 2.10 bits per heavy atom. The fraction of sp³-hybridized carbons (Fsp3) is 0.0625. The maximum absolute atomic E-state index is 13.7. The Bertz CT molecular complexity index is 735. The predicted molar refractivity (Wildman–Crippen MR) is 79.8 cm³/mol. The lowest BCUT2D eigenvalue weighted by Crippen LogP contribution is -2.13. The van der Waals surface area contributed by atoms with Crippen LogP contribution in [-0.2, 0) is 0 Å². The molecule has 0 bridgehead atoms. The van der Waals surface area contributed by atoms with Crippen LogP contribution in [0.15, 0.2) is 42.5 Å². The van der Waals surface area contributed by atoms with E-state index in [2.05, 4.69) is 17.2 Å². The fourth-order valence-corrected chi connectivity index (χ4v) is 1.85. The summed E-state index contributed by atoms with van der Waals surface area (Å²) < 4.78 is 13.7. The lowest BCUT2D eigenvalue weighted by molar-refractivity contribution is 0.102. The number of hydrogen-bond acceptors (Lipinski definition) is 2. The van der Waals surface area contributed by atoms with Crippen molar-refractivity contribution in [3.05, 3.63) is 64.4 Å². The van der Waals surface area contributed by atoms with Crippen LogP contribution in [-0.4, -0.2) is 17.6 Å². The van der Waals surface area contributed by atoms with E-state index < -0.39 is 11.7 Å². The molecular weight excluding hydrogens is 293 g/mol. The van der Waals surface area contributed by atoms with Gasteiger partial charge < -0.3 is 10.4 Å². The Hall–Kier alpha value is -2.35. The topological polar surface area (TPSA) is 49.3 Å². The molecule has 0 fully saturated rings. The van der Waals surface area contributed by atoms with Crippen molar-refractivity contribution >= 4 is 23.2 Å². The first-order valence-corrected chi connectivity index (χ1v) is 6.44. The standard InChI is InChI=1S/C16H11ClFNO2/c17-12-6-7-14(15(18)10-12)16(21)19-13-5-1-3-11(9-13)4-2-8-20/h1,3,5-7,9-10,20H,8H2,(H,19,21). The third-order valence-corrected chi connectivity index (χ3v) is 2.84. The minimum atomic E-state index is -0.684. The summed E-state index contributed by atoms with van der Waals surface area (Å²) in [6.45, 7) is -0.243. The van der Waals surface area contributed by atoms with E-state index in [0.29, 0.717) is 11.3 Å². The maximum atomic E-state index is 13.7. The van der Waals surface area contributed by atoms with Crippen LogP contribution in [0.25, 0.3) is 0 Å². The van der Waals surface area contributed by atoms with Gasteiger partial charge in [0.05, 0.1) is 5.56 Å². The lowest BCUT2D eigenvalue weighted by Gasteiger charge is -2.06. The highest BCUT2D eigenvalue weighted by atomic mass is 35.5. The van der Waals surface area contributed by atoms with Crippen molar-refractivity contribution in [2.24, 2.45) is 0 Å². The van der Waals surface area contributed by atoms with Crippen molar-refractivity contribution in [1.29, 1.82) is 0 Å². The quantitative estimate of drug-likeness (QED) is 0.838. The van der Waals surface area contributed by atoms with Crippen LogP contribution in [0.1, 0.15) is 15.9 Å². The number of halogens is 2. The number of benzene rings is 2. The van der Waals surface area contributed by atoms with Gasteiger partial charge >= 0.3 is 0 Å². The van der Waals surface area contributed by atoms with Gasteiger partial charge in [0.15, 0.2) is 0 Å². The lowest BCUT2D eigenvalue weighted by atomic mass is 10.1. The first-order valence-electron chi connectivity index (χ1n) is 6.06. The molecule has 5 heteroatoms. The normalized spacial score (nSPS) is 9.67. The van der Waals surface area contributed by atoms with Crippen LogP contribution in [0.5, 0.6) is 0 Å². The number of carbonyl (C=O) groups excluding carboxylic acids is 1. The van der Waals surface area contributed by atoms with E-state index in [-0.39, 0.29) is 17.2 Å². The van der Waals surface area contributed by atoms with Crippen LogP contribution in [0, 0.1) is 17.7 Å². The summed E-state index contributed by atoms with van der Waals surface area (Å²) in [6.07, 6.45) is 0. The molecule has 0 unspecified atom stereocenters. The van der Waals surface area contributed by atoms with Gasteiger partial charge in [0, 0.05) is 16.3 Å². The Kier molecular flexibility index (Phi) is 4.94. The summed E-state index contributed by atoms with van der Waals surface area (Å²) in [5, 5.41) is 11.5. The second-order valence-corrected chi connectivity index (χ2v) is 4.56. The van der Waals surface area contributed by atoms with E-state index in [4.69, 9.17) is 16.7 Å². The summed E-state index contributed by atoms with van der Waals surface area (Å²) >= 11 is 5.64. The van der Waals surface area contributed by atoms with Gasteiger partial charge in [-0.05, 0) is 36.4 Å². The Labute approximate surface area is 126 Å². The molecule has 0 saturated heterocycles. The average molecular weight is 304 g/mol. The molecule has 21 heavy (non-hydrogen) atoms. The van der Waals surface area contributed by atoms with Gasteiger partial charge in [0.1, 0.15) is 12.4 Å². The summed E-state index contributed by atoms with van der Waals surface area (Å²) in [5.74, 6) is 3.98. The second-order valence-electron chi connectivity index (χ2n) is 4.12. The zero-order chi connectivity index (χ0) is 15.2. The van der Waals surface area contributed by atoms with Gasteiger partial charge in [-0.1, -0.05) is 29.5 Å². The summed E-state index contributed by atoms with van der Waals surface area (Å²) in [6, 6.07) is 10.6.